The number of urea groups is 1. The Balaban J connectivity index is 1.87. The summed E-state index contributed by atoms with van der Waals surface area (Å²) in [6, 6.07) is 12.7. The second kappa shape index (κ2) is 7.37. The lowest BCUT2D eigenvalue weighted by Gasteiger charge is -2.16. The molecule has 2 N–H and O–H groups in total. The van der Waals surface area contributed by atoms with Gasteiger partial charge in [-0.3, -0.25) is 15.4 Å². The molecule has 26 heavy (non-hydrogen) atoms. The lowest BCUT2D eigenvalue weighted by Crippen LogP contribution is -2.50. The van der Waals surface area contributed by atoms with E-state index in [9.17, 15) is 9.59 Å². The average Bonchev–Trinajstić information content (AvgIpc) is 2.64. The fourth-order valence-corrected chi connectivity index (χ4v) is 2.80. The van der Waals surface area contributed by atoms with Crippen molar-refractivity contribution in [1.29, 1.82) is 0 Å². The number of benzene rings is 2. The molecule has 132 valence electrons. The van der Waals surface area contributed by atoms with E-state index >= 15 is 0 Å². The van der Waals surface area contributed by atoms with Gasteiger partial charge in [0.1, 0.15) is 4.99 Å². The Morgan fingerprint density at radius 3 is 2.15 bits per heavy atom. The van der Waals surface area contributed by atoms with Crippen LogP contribution < -0.4 is 20.1 Å². The van der Waals surface area contributed by atoms with Crippen molar-refractivity contribution >= 4 is 35.2 Å². The van der Waals surface area contributed by atoms with Crippen LogP contribution in [0.15, 0.2) is 48.0 Å². The van der Waals surface area contributed by atoms with Crippen molar-refractivity contribution in [2.45, 2.75) is 0 Å². The number of carbonyl (C=O) groups is 2. The molecule has 1 fully saturated rings. The molecule has 3 rings (SSSR count). The molecule has 7 heteroatoms. The maximum Gasteiger partial charge on any atom is 0.326 e. The second-order valence-electron chi connectivity index (χ2n) is 5.49. The van der Waals surface area contributed by atoms with Gasteiger partial charge in [-0.2, -0.15) is 0 Å². The standard InChI is InChI=1S/C19H16N2O4S/c1-24-15-8-7-13(10-16(15)25-2)12-5-3-11(4-6-12)9-14-17(22)20-19(23)21-18(14)26/h3-10H,1-2H3,(H2,20,21,22,23,26)/b14-9+. The zero-order valence-electron chi connectivity index (χ0n) is 14.2. The molecule has 0 unspecified atom stereocenters. The summed E-state index contributed by atoms with van der Waals surface area (Å²) >= 11 is 5.05. The number of amides is 3. The van der Waals surface area contributed by atoms with Crippen LogP contribution in [-0.4, -0.2) is 31.1 Å². The monoisotopic (exact) mass is 368 g/mol. The summed E-state index contributed by atoms with van der Waals surface area (Å²) < 4.78 is 10.6. The molecular formula is C19H16N2O4S. The van der Waals surface area contributed by atoms with E-state index in [1.807, 2.05) is 42.5 Å². The predicted octanol–water partition coefficient (Wildman–Crippen LogP) is 2.92. The maximum atomic E-state index is 11.9. The normalized spacial score (nSPS) is 15.5. The number of ether oxygens (including phenoxy) is 2. The highest BCUT2D eigenvalue weighted by Gasteiger charge is 2.24. The lowest BCUT2D eigenvalue weighted by molar-refractivity contribution is -0.116. The van der Waals surface area contributed by atoms with E-state index in [0.717, 1.165) is 16.7 Å². The third-order valence-electron chi connectivity index (χ3n) is 3.88. The third-order valence-corrected chi connectivity index (χ3v) is 4.20. The first-order valence-electron chi connectivity index (χ1n) is 7.72. The van der Waals surface area contributed by atoms with Crippen LogP contribution in [0, 0.1) is 0 Å². The lowest BCUT2D eigenvalue weighted by atomic mass is 10.0. The van der Waals surface area contributed by atoms with Crippen LogP contribution in [0.2, 0.25) is 0 Å². The smallest absolute Gasteiger partial charge is 0.326 e. The van der Waals surface area contributed by atoms with Crippen LogP contribution in [0.4, 0.5) is 4.79 Å². The predicted molar refractivity (Wildman–Crippen MR) is 102 cm³/mol. The summed E-state index contributed by atoms with van der Waals surface area (Å²) in [5, 5.41) is 4.58. The van der Waals surface area contributed by atoms with Crippen LogP contribution in [0.5, 0.6) is 11.5 Å². The van der Waals surface area contributed by atoms with Gasteiger partial charge in [-0.25, -0.2) is 4.79 Å². The Hall–Kier alpha value is -3.19. The number of imide groups is 1. The molecule has 0 radical (unpaired) electrons. The number of rotatable bonds is 4. The third kappa shape index (κ3) is 3.57. The Morgan fingerprint density at radius 2 is 1.54 bits per heavy atom. The van der Waals surface area contributed by atoms with Gasteiger partial charge >= 0.3 is 6.03 Å². The summed E-state index contributed by atoms with van der Waals surface area (Å²) in [5.41, 5.74) is 2.99. The molecule has 3 amide bonds. The minimum absolute atomic E-state index is 0.114. The molecule has 0 aliphatic carbocycles. The topological polar surface area (TPSA) is 76.7 Å². The molecule has 2 aromatic rings. The quantitative estimate of drug-likeness (QED) is 0.641. The van der Waals surface area contributed by atoms with E-state index in [1.165, 1.54) is 0 Å². The van der Waals surface area contributed by atoms with Crippen molar-refractivity contribution in [3.63, 3.8) is 0 Å². The van der Waals surface area contributed by atoms with E-state index in [1.54, 1.807) is 20.3 Å². The zero-order chi connectivity index (χ0) is 18.7. The van der Waals surface area contributed by atoms with E-state index in [4.69, 9.17) is 21.7 Å². The molecule has 0 atom stereocenters. The molecule has 1 aliphatic heterocycles. The number of hydrogen-bond donors (Lipinski definition) is 2. The maximum absolute atomic E-state index is 11.9. The van der Waals surface area contributed by atoms with E-state index in [2.05, 4.69) is 10.6 Å². The summed E-state index contributed by atoms with van der Waals surface area (Å²) in [4.78, 5) is 23.2. The minimum Gasteiger partial charge on any atom is -0.493 e. The van der Waals surface area contributed by atoms with E-state index in [0.29, 0.717) is 11.5 Å². The molecule has 0 aromatic heterocycles. The van der Waals surface area contributed by atoms with Gasteiger partial charge in [0.05, 0.1) is 19.8 Å². The number of hydrogen-bond acceptors (Lipinski definition) is 5. The highest BCUT2D eigenvalue weighted by molar-refractivity contribution is 7.81. The number of carbonyl (C=O) groups excluding carboxylic acids is 2. The number of methoxy groups -OCH3 is 2. The minimum atomic E-state index is -0.610. The Bertz CT molecular complexity index is 898. The first-order valence-corrected chi connectivity index (χ1v) is 8.13. The van der Waals surface area contributed by atoms with Crippen LogP contribution in [0.3, 0.4) is 0 Å². The van der Waals surface area contributed by atoms with Crippen molar-refractivity contribution in [3.05, 3.63) is 53.6 Å². The number of nitrogens with one attached hydrogen (secondary N) is 2. The Kier molecular flexibility index (Phi) is 4.99. The first-order chi connectivity index (χ1) is 12.5. The van der Waals surface area contributed by atoms with Gasteiger partial charge in [-0.05, 0) is 34.9 Å². The summed E-state index contributed by atoms with van der Waals surface area (Å²) in [5.74, 6) is 0.801. The summed E-state index contributed by atoms with van der Waals surface area (Å²) in [6.45, 7) is 0. The van der Waals surface area contributed by atoms with Crippen LogP contribution in [-0.2, 0) is 4.79 Å². The van der Waals surface area contributed by atoms with Gasteiger partial charge in [0.2, 0.25) is 0 Å². The van der Waals surface area contributed by atoms with Crippen molar-refractivity contribution in [3.8, 4) is 22.6 Å². The van der Waals surface area contributed by atoms with E-state index < -0.39 is 11.9 Å². The van der Waals surface area contributed by atoms with Crippen molar-refractivity contribution in [2.75, 3.05) is 14.2 Å². The largest absolute Gasteiger partial charge is 0.493 e. The molecule has 0 bridgehead atoms. The fourth-order valence-electron chi connectivity index (χ4n) is 2.56. The first kappa shape index (κ1) is 17.6. The van der Waals surface area contributed by atoms with E-state index in [-0.39, 0.29) is 10.6 Å². The molecule has 0 spiro atoms. The van der Waals surface area contributed by atoms with Crippen LogP contribution in [0.1, 0.15) is 5.56 Å². The molecule has 1 aliphatic rings. The van der Waals surface area contributed by atoms with Crippen LogP contribution >= 0.6 is 12.2 Å². The van der Waals surface area contributed by atoms with Gasteiger partial charge in [0, 0.05) is 0 Å². The fraction of sp³-hybridized carbons (Fsp3) is 0.105. The Morgan fingerprint density at radius 1 is 0.885 bits per heavy atom. The van der Waals surface area contributed by atoms with Gasteiger partial charge in [0.25, 0.3) is 5.91 Å². The number of thiocarbonyl (C=S) groups is 1. The molecule has 6 nitrogen and oxygen atoms in total. The molecule has 1 saturated heterocycles. The van der Waals surface area contributed by atoms with Crippen molar-refractivity contribution < 1.29 is 19.1 Å². The molecule has 1 heterocycles. The summed E-state index contributed by atoms with van der Waals surface area (Å²) in [6.07, 6.45) is 1.63. The second-order valence-corrected chi connectivity index (χ2v) is 5.90. The van der Waals surface area contributed by atoms with Gasteiger partial charge in [0.15, 0.2) is 11.5 Å². The van der Waals surface area contributed by atoms with Gasteiger partial charge in [-0.15, -0.1) is 0 Å². The molecule has 0 saturated carbocycles. The molecule has 2 aromatic carbocycles. The average molecular weight is 368 g/mol. The highest BCUT2D eigenvalue weighted by atomic mass is 32.1. The van der Waals surface area contributed by atoms with Crippen molar-refractivity contribution in [2.24, 2.45) is 0 Å². The Labute approximate surface area is 155 Å². The van der Waals surface area contributed by atoms with Crippen LogP contribution in [0.25, 0.3) is 17.2 Å². The highest BCUT2D eigenvalue weighted by Crippen LogP contribution is 2.32. The zero-order valence-corrected chi connectivity index (χ0v) is 15.0. The molecular weight excluding hydrogens is 352 g/mol. The SMILES string of the molecule is COc1ccc(-c2ccc(/C=C3\C(=O)NC(=O)NC3=S)cc2)cc1OC. The van der Waals surface area contributed by atoms with Crippen molar-refractivity contribution in [1.82, 2.24) is 10.6 Å². The summed E-state index contributed by atoms with van der Waals surface area (Å²) in [7, 11) is 3.18. The van der Waals surface area contributed by atoms with Gasteiger partial charge < -0.3 is 9.47 Å². The van der Waals surface area contributed by atoms with Gasteiger partial charge in [-0.1, -0.05) is 42.5 Å².